The van der Waals surface area contributed by atoms with E-state index in [1.54, 1.807) is 16.9 Å². The third-order valence-electron chi connectivity index (χ3n) is 6.10. The van der Waals surface area contributed by atoms with Crippen LogP contribution in [0.5, 0.6) is 0 Å². The highest BCUT2D eigenvalue weighted by atomic mass is 16.3. The van der Waals surface area contributed by atoms with Crippen LogP contribution in [0.4, 0.5) is 0 Å². The maximum absolute atomic E-state index is 13.7. The first-order chi connectivity index (χ1) is 15.7. The number of hydrogen-bond donors (Lipinski definition) is 2. The van der Waals surface area contributed by atoms with E-state index in [0.29, 0.717) is 17.0 Å². The van der Waals surface area contributed by atoms with Crippen molar-refractivity contribution < 1.29 is 14.7 Å². The predicted molar refractivity (Wildman–Crippen MR) is 117 cm³/mol. The molecule has 0 aromatic carbocycles. The zero-order valence-corrected chi connectivity index (χ0v) is 19.1. The second-order valence-corrected chi connectivity index (χ2v) is 9.97. The van der Waals surface area contributed by atoms with Gasteiger partial charge in [-0.3, -0.25) is 14.6 Å². The van der Waals surface area contributed by atoms with Gasteiger partial charge in [-0.1, -0.05) is 26.0 Å². The molecule has 2 aliphatic rings. The van der Waals surface area contributed by atoms with Gasteiger partial charge in [0.2, 0.25) is 11.8 Å². The number of nitrogens with zero attached hydrogens (tertiary/aromatic N) is 6. The Morgan fingerprint density at radius 2 is 2.09 bits per heavy atom. The summed E-state index contributed by atoms with van der Waals surface area (Å²) in [6.07, 6.45) is 6.40. The van der Waals surface area contributed by atoms with Crippen LogP contribution in [0.2, 0.25) is 0 Å². The molecule has 1 aliphatic carbocycles. The molecule has 0 radical (unpaired) electrons. The van der Waals surface area contributed by atoms with E-state index in [2.05, 4.69) is 20.6 Å². The minimum atomic E-state index is -0.795. The van der Waals surface area contributed by atoms with Gasteiger partial charge in [-0.2, -0.15) is 5.26 Å². The van der Waals surface area contributed by atoms with E-state index in [0.717, 1.165) is 18.5 Å². The van der Waals surface area contributed by atoms with Crippen molar-refractivity contribution in [3.8, 4) is 6.07 Å². The number of aromatic nitrogens is 4. The quantitative estimate of drug-likeness (QED) is 0.675. The molecule has 1 saturated carbocycles. The Morgan fingerprint density at radius 1 is 1.33 bits per heavy atom. The van der Waals surface area contributed by atoms with E-state index >= 15 is 0 Å². The molecule has 10 nitrogen and oxygen atoms in total. The molecule has 2 aromatic heterocycles. The van der Waals surface area contributed by atoms with Crippen molar-refractivity contribution in [2.45, 2.75) is 70.7 Å². The number of aliphatic hydroxyl groups is 1. The SMILES string of the molecule is CC(C)(C)[C@@H](C(=O)N1C[C@H](O)C[C@H]1C(=O)NCc1cncc(C#N)c1)n1cc(C2CC2)nn1. The molecule has 174 valence electrons. The fourth-order valence-electron chi connectivity index (χ4n) is 4.28. The van der Waals surface area contributed by atoms with Gasteiger partial charge in [-0.25, -0.2) is 4.68 Å². The van der Waals surface area contributed by atoms with Crippen LogP contribution in [0.3, 0.4) is 0 Å². The van der Waals surface area contributed by atoms with Crippen molar-refractivity contribution in [1.29, 1.82) is 5.26 Å². The first-order valence-corrected chi connectivity index (χ1v) is 11.2. The van der Waals surface area contributed by atoms with Gasteiger partial charge in [0.15, 0.2) is 0 Å². The van der Waals surface area contributed by atoms with Crippen LogP contribution in [0, 0.1) is 16.7 Å². The number of amides is 2. The van der Waals surface area contributed by atoms with Gasteiger partial charge in [0.1, 0.15) is 18.2 Å². The van der Waals surface area contributed by atoms with Gasteiger partial charge in [0.05, 0.1) is 17.4 Å². The maximum atomic E-state index is 13.7. The third-order valence-corrected chi connectivity index (χ3v) is 6.10. The monoisotopic (exact) mass is 451 g/mol. The summed E-state index contributed by atoms with van der Waals surface area (Å²) < 4.78 is 1.61. The Hall–Kier alpha value is -3.32. The average molecular weight is 452 g/mol. The normalized spacial score (nSPS) is 21.5. The Morgan fingerprint density at radius 3 is 2.76 bits per heavy atom. The molecular formula is C23H29N7O3. The largest absolute Gasteiger partial charge is 0.391 e. The molecule has 3 atom stereocenters. The molecule has 33 heavy (non-hydrogen) atoms. The highest BCUT2D eigenvalue weighted by molar-refractivity contribution is 5.90. The number of likely N-dealkylation sites (tertiary alicyclic amines) is 1. The van der Waals surface area contributed by atoms with Crippen LogP contribution < -0.4 is 5.32 Å². The van der Waals surface area contributed by atoms with Crippen LogP contribution in [0.15, 0.2) is 24.7 Å². The molecule has 4 rings (SSSR count). The summed E-state index contributed by atoms with van der Waals surface area (Å²) in [5.74, 6) is -0.206. The van der Waals surface area contributed by atoms with E-state index < -0.39 is 23.6 Å². The molecule has 0 bridgehead atoms. The summed E-state index contributed by atoms with van der Waals surface area (Å²) in [4.78, 5) is 32.2. The first-order valence-electron chi connectivity index (χ1n) is 11.2. The summed E-state index contributed by atoms with van der Waals surface area (Å²) in [7, 11) is 0. The molecule has 2 N–H and O–H groups in total. The van der Waals surface area contributed by atoms with Gasteiger partial charge in [-0.15, -0.1) is 5.10 Å². The number of aliphatic hydroxyl groups excluding tert-OH is 1. The predicted octanol–water partition coefficient (Wildman–Crippen LogP) is 1.29. The zero-order valence-electron chi connectivity index (χ0n) is 19.1. The number of β-amino-alcohol motifs (C(OH)–C–C–N with tert-alkyl or cyclic N) is 1. The third kappa shape index (κ3) is 5.03. The Labute approximate surface area is 192 Å². The van der Waals surface area contributed by atoms with Crippen molar-refractivity contribution in [3.05, 3.63) is 41.5 Å². The summed E-state index contributed by atoms with van der Waals surface area (Å²) in [5, 5.41) is 30.6. The van der Waals surface area contributed by atoms with E-state index in [1.807, 2.05) is 33.0 Å². The second kappa shape index (κ2) is 8.90. The number of carbonyl (C=O) groups is 2. The molecule has 0 spiro atoms. The van der Waals surface area contributed by atoms with Crippen LogP contribution in [0.25, 0.3) is 0 Å². The molecule has 2 fully saturated rings. The van der Waals surface area contributed by atoms with Crippen LogP contribution >= 0.6 is 0 Å². The lowest BCUT2D eigenvalue weighted by Gasteiger charge is -2.34. The number of hydrogen-bond acceptors (Lipinski definition) is 7. The fraction of sp³-hybridized carbons (Fsp3) is 0.565. The minimum absolute atomic E-state index is 0.0825. The lowest BCUT2D eigenvalue weighted by atomic mass is 9.85. The molecule has 1 saturated heterocycles. The number of carbonyl (C=O) groups excluding carboxylic acids is 2. The van der Waals surface area contributed by atoms with Crippen molar-refractivity contribution in [1.82, 2.24) is 30.2 Å². The van der Waals surface area contributed by atoms with Crippen LogP contribution in [-0.4, -0.2) is 60.5 Å². The Balaban J connectivity index is 1.51. The lowest BCUT2D eigenvalue weighted by Crippen LogP contribution is -2.50. The van der Waals surface area contributed by atoms with Crippen molar-refractivity contribution in [3.63, 3.8) is 0 Å². The van der Waals surface area contributed by atoms with Crippen molar-refractivity contribution in [2.24, 2.45) is 5.41 Å². The standard InChI is InChI=1S/C23H29N7O3/c1-23(2,3)20(30-13-18(27-28-30)16-4-5-16)22(33)29-12-17(31)7-19(29)21(32)26-11-15-6-14(8-24)9-25-10-15/h6,9-10,13,16-17,19-20,31H,4-5,7,11-12H2,1-3H3,(H,26,32)/t17-,19+,20-/m1/s1. The van der Waals surface area contributed by atoms with Gasteiger partial charge in [0, 0.05) is 44.0 Å². The maximum Gasteiger partial charge on any atom is 0.248 e. The average Bonchev–Trinajstić information content (AvgIpc) is 3.38. The minimum Gasteiger partial charge on any atom is -0.391 e. The topological polar surface area (TPSA) is 137 Å². The lowest BCUT2D eigenvalue weighted by molar-refractivity contribution is -0.144. The number of rotatable bonds is 6. The zero-order chi connectivity index (χ0) is 23.8. The van der Waals surface area contributed by atoms with Gasteiger partial charge in [-0.05, 0) is 29.9 Å². The van der Waals surface area contributed by atoms with Crippen LogP contribution in [-0.2, 0) is 16.1 Å². The highest BCUT2D eigenvalue weighted by Gasteiger charge is 2.45. The van der Waals surface area contributed by atoms with E-state index in [4.69, 9.17) is 5.26 Å². The van der Waals surface area contributed by atoms with Gasteiger partial charge in [0.25, 0.3) is 0 Å². The number of nitrogens with one attached hydrogen (secondary N) is 1. The van der Waals surface area contributed by atoms with Crippen molar-refractivity contribution in [2.75, 3.05) is 6.54 Å². The van der Waals surface area contributed by atoms with E-state index in [9.17, 15) is 14.7 Å². The van der Waals surface area contributed by atoms with E-state index in [1.165, 1.54) is 11.1 Å². The Kier molecular flexibility index (Phi) is 6.17. The molecule has 0 unspecified atom stereocenters. The van der Waals surface area contributed by atoms with Gasteiger partial charge < -0.3 is 15.3 Å². The number of nitriles is 1. The fourth-order valence-corrected chi connectivity index (χ4v) is 4.28. The van der Waals surface area contributed by atoms with Crippen LogP contribution in [0.1, 0.15) is 68.8 Å². The molecule has 10 heteroatoms. The van der Waals surface area contributed by atoms with Gasteiger partial charge >= 0.3 is 0 Å². The Bertz CT molecular complexity index is 1080. The summed E-state index contributed by atoms with van der Waals surface area (Å²) in [6.45, 7) is 6.10. The number of pyridine rings is 1. The highest BCUT2D eigenvalue weighted by Crippen LogP contribution is 2.40. The molecule has 2 aromatic rings. The second-order valence-electron chi connectivity index (χ2n) is 9.97. The van der Waals surface area contributed by atoms with Crippen molar-refractivity contribution >= 4 is 11.8 Å². The first kappa shape index (κ1) is 22.9. The smallest absolute Gasteiger partial charge is 0.248 e. The van der Waals surface area contributed by atoms with E-state index in [-0.39, 0.29) is 31.3 Å². The summed E-state index contributed by atoms with van der Waals surface area (Å²) in [6, 6.07) is 2.22. The summed E-state index contributed by atoms with van der Waals surface area (Å²) in [5.41, 5.74) is 1.49. The summed E-state index contributed by atoms with van der Waals surface area (Å²) >= 11 is 0. The molecular weight excluding hydrogens is 422 g/mol. The molecule has 2 amide bonds. The molecule has 1 aliphatic heterocycles. The molecule has 3 heterocycles.